The van der Waals surface area contributed by atoms with Crippen molar-refractivity contribution in [2.24, 2.45) is 0 Å². The van der Waals surface area contributed by atoms with Crippen LogP contribution in [0.5, 0.6) is 0 Å². The number of amides is 1. The Balaban J connectivity index is 1.31. The standard InChI is InChI=1S/C17H15N7OS/c25-17(11-1-2-13-14(7-11)26-10-19-13)21-12-3-5-23(8-12)15-16-22-20-9-24(16)6-4-18-15/h1-2,4,6-7,9-10,12H,3,5,8H2,(H,21,25). The average molecular weight is 365 g/mol. The largest absolute Gasteiger partial charge is 0.351 e. The molecular formula is C17H15N7OS. The van der Waals surface area contributed by atoms with Crippen LogP contribution in [0.25, 0.3) is 15.9 Å². The van der Waals surface area contributed by atoms with Crippen molar-refractivity contribution < 1.29 is 4.79 Å². The minimum atomic E-state index is -0.0548. The summed E-state index contributed by atoms with van der Waals surface area (Å²) in [5.74, 6) is 0.744. The van der Waals surface area contributed by atoms with Crippen LogP contribution in [0.2, 0.25) is 0 Å². The van der Waals surface area contributed by atoms with E-state index in [0.29, 0.717) is 12.1 Å². The van der Waals surface area contributed by atoms with Gasteiger partial charge in [0.1, 0.15) is 6.33 Å². The molecule has 5 rings (SSSR count). The van der Waals surface area contributed by atoms with Crippen molar-refractivity contribution in [1.82, 2.24) is 29.9 Å². The van der Waals surface area contributed by atoms with Crippen LogP contribution in [-0.4, -0.2) is 49.6 Å². The third-order valence-electron chi connectivity index (χ3n) is 4.61. The SMILES string of the molecule is O=C(NC1CCN(c2nccn3cnnc23)C1)c1ccc2ncsc2c1. The fourth-order valence-electron chi connectivity index (χ4n) is 3.30. The van der Waals surface area contributed by atoms with Crippen LogP contribution in [0.15, 0.2) is 42.4 Å². The summed E-state index contributed by atoms with van der Waals surface area (Å²) < 4.78 is 2.87. The summed E-state index contributed by atoms with van der Waals surface area (Å²) in [6, 6.07) is 5.68. The summed E-state index contributed by atoms with van der Waals surface area (Å²) in [6.45, 7) is 1.52. The van der Waals surface area contributed by atoms with E-state index in [1.165, 1.54) is 11.3 Å². The first kappa shape index (κ1) is 15.2. The molecule has 1 fully saturated rings. The molecule has 1 aromatic carbocycles. The van der Waals surface area contributed by atoms with E-state index in [4.69, 9.17) is 0 Å². The van der Waals surface area contributed by atoms with Gasteiger partial charge in [-0.2, -0.15) is 0 Å². The zero-order chi connectivity index (χ0) is 17.5. The predicted molar refractivity (Wildman–Crippen MR) is 98.5 cm³/mol. The highest BCUT2D eigenvalue weighted by atomic mass is 32.1. The molecule has 1 atom stereocenters. The molecule has 1 saturated heterocycles. The highest BCUT2D eigenvalue weighted by molar-refractivity contribution is 7.16. The lowest BCUT2D eigenvalue weighted by Crippen LogP contribution is -2.37. The number of aromatic nitrogens is 5. The highest BCUT2D eigenvalue weighted by Gasteiger charge is 2.27. The first-order chi connectivity index (χ1) is 12.8. The van der Waals surface area contributed by atoms with Gasteiger partial charge in [-0.25, -0.2) is 9.97 Å². The monoisotopic (exact) mass is 365 g/mol. The van der Waals surface area contributed by atoms with Gasteiger partial charge in [-0.3, -0.25) is 9.20 Å². The molecule has 0 spiro atoms. The van der Waals surface area contributed by atoms with Crippen molar-refractivity contribution in [1.29, 1.82) is 0 Å². The lowest BCUT2D eigenvalue weighted by molar-refractivity contribution is 0.0940. The van der Waals surface area contributed by atoms with Crippen molar-refractivity contribution >= 4 is 38.9 Å². The molecule has 1 aliphatic heterocycles. The minimum absolute atomic E-state index is 0.0548. The molecule has 9 heteroatoms. The molecule has 0 radical (unpaired) electrons. The van der Waals surface area contributed by atoms with Crippen molar-refractivity contribution in [2.75, 3.05) is 18.0 Å². The number of benzene rings is 1. The molecular weight excluding hydrogens is 350 g/mol. The second-order valence-corrected chi connectivity index (χ2v) is 7.14. The topological polar surface area (TPSA) is 88.3 Å². The molecule has 8 nitrogen and oxygen atoms in total. The minimum Gasteiger partial charge on any atom is -0.351 e. The van der Waals surface area contributed by atoms with Crippen LogP contribution in [0, 0.1) is 0 Å². The zero-order valence-electron chi connectivity index (χ0n) is 13.7. The Bertz CT molecular complexity index is 1100. The molecule has 1 N–H and O–H groups in total. The summed E-state index contributed by atoms with van der Waals surface area (Å²) in [6.07, 6.45) is 6.09. The van der Waals surface area contributed by atoms with Crippen molar-refractivity contribution in [3.63, 3.8) is 0 Å². The van der Waals surface area contributed by atoms with E-state index >= 15 is 0 Å². The van der Waals surface area contributed by atoms with Gasteiger partial charge in [-0.05, 0) is 24.6 Å². The number of hydrogen-bond donors (Lipinski definition) is 1. The van der Waals surface area contributed by atoms with Crippen LogP contribution >= 0.6 is 11.3 Å². The number of hydrogen-bond acceptors (Lipinski definition) is 7. The summed E-state index contributed by atoms with van der Waals surface area (Å²) in [5, 5.41) is 11.2. The van der Waals surface area contributed by atoms with E-state index in [9.17, 15) is 4.79 Å². The third kappa shape index (κ3) is 2.57. The number of thiazole rings is 1. The van der Waals surface area contributed by atoms with Gasteiger partial charge < -0.3 is 10.2 Å². The van der Waals surface area contributed by atoms with Crippen LogP contribution in [0.4, 0.5) is 5.82 Å². The number of carbonyl (C=O) groups excluding carboxylic acids is 1. The molecule has 0 bridgehead atoms. The van der Waals surface area contributed by atoms with Gasteiger partial charge in [0.05, 0.1) is 15.7 Å². The maximum atomic E-state index is 12.6. The lowest BCUT2D eigenvalue weighted by atomic mass is 10.2. The maximum absolute atomic E-state index is 12.6. The van der Waals surface area contributed by atoms with Crippen molar-refractivity contribution in [2.45, 2.75) is 12.5 Å². The molecule has 1 unspecified atom stereocenters. The molecule has 0 aliphatic carbocycles. The van der Waals surface area contributed by atoms with Crippen LogP contribution in [0.1, 0.15) is 16.8 Å². The quantitative estimate of drug-likeness (QED) is 0.595. The van der Waals surface area contributed by atoms with E-state index in [1.54, 1.807) is 18.0 Å². The Hall–Kier alpha value is -3.07. The summed E-state index contributed by atoms with van der Waals surface area (Å²) >= 11 is 1.54. The number of nitrogens with one attached hydrogen (secondary N) is 1. The highest BCUT2D eigenvalue weighted by Crippen LogP contribution is 2.22. The predicted octanol–water partition coefficient (Wildman–Crippen LogP) is 1.74. The van der Waals surface area contributed by atoms with E-state index in [2.05, 4.69) is 30.4 Å². The van der Waals surface area contributed by atoms with E-state index in [1.807, 2.05) is 28.8 Å². The lowest BCUT2D eigenvalue weighted by Gasteiger charge is -2.18. The van der Waals surface area contributed by atoms with Gasteiger partial charge in [0.25, 0.3) is 5.91 Å². The Kier molecular flexibility index (Phi) is 3.52. The fraction of sp³-hybridized carbons (Fsp3) is 0.235. The van der Waals surface area contributed by atoms with Crippen molar-refractivity contribution in [3.05, 3.63) is 48.0 Å². The van der Waals surface area contributed by atoms with Crippen molar-refractivity contribution in [3.8, 4) is 0 Å². The zero-order valence-corrected chi connectivity index (χ0v) is 14.6. The molecule has 3 aromatic heterocycles. The maximum Gasteiger partial charge on any atom is 0.251 e. The van der Waals surface area contributed by atoms with Gasteiger partial charge in [-0.1, -0.05) is 0 Å². The average Bonchev–Trinajstić information content (AvgIpc) is 3.40. The first-order valence-corrected chi connectivity index (χ1v) is 9.19. The molecule has 0 saturated carbocycles. The molecule has 4 heterocycles. The Morgan fingerprint density at radius 2 is 2.27 bits per heavy atom. The van der Waals surface area contributed by atoms with Gasteiger partial charge in [0.15, 0.2) is 5.82 Å². The van der Waals surface area contributed by atoms with Gasteiger partial charge in [0.2, 0.25) is 5.65 Å². The van der Waals surface area contributed by atoms with E-state index in [-0.39, 0.29) is 11.9 Å². The van der Waals surface area contributed by atoms with Crippen LogP contribution in [0.3, 0.4) is 0 Å². The fourth-order valence-corrected chi connectivity index (χ4v) is 4.02. The summed E-state index contributed by atoms with van der Waals surface area (Å²) in [5.41, 5.74) is 4.11. The molecule has 26 heavy (non-hydrogen) atoms. The van der Waals surface area contributed by atoms with Gasteiger partial charge >= 0.3 is 0 Å². The number of anilines is 1. The Morgan fingerprint density at radius 1 is 1.31 bits per heavy atom. The molecule has 130 valence electrons. The Morgan fingerprint density at radius 3 is 3.23 bits per heavy atom. The normalized spacial score (nSPS) is 17.2. The number of rotatable bonds is 3. The summed E-state index contributed by atoms with van der Waals surface area (Å²) in [4.78, 5) is 23.4. The van der Waals surface area contributed by atoms with E-state index in [0.717, 1.165) is 34.6 Å². The number of nitrogens with zero attached hydrogens (tertiary/aromatic N) is 6. The van der Waals surface area contributed by atoms with Gasteiger partial charge in [-0.15, -0.1) is 21.5 Å². The summed E-state index contributed by atoms with van der Waals surface area (Å²) in [7, 11) is 0. The smallest absolute Gasteiger partial charge is 0.251 e. The van der Waals surface area contributed by atoms with Gasteiger partial charge in [0, 0.05) is 37.1 Å². The van der Waals surface area contributed by atoms with Crippen LogP contribution in [-0.2, 0) is 0 Å². The third-order valence-corrected chi connectivity index (χ3v) is 5.41. The van der Waals surface area contributed by atoms with E-state index < -0.39 is 0 Å². The Labute approximate surface area is 152 Å². The second-order valence-electron chi connectivity index (χ2n) is 6.25. The number of carbonyl (C=O) groups is 1. The molecule has 1 amide bonds. The first-order valence-electron chi connectivity index (χ1n) is 8.31. The molecule has 4 aromatic rings. The van der Waals surface area contributed by atoms with Crippen LogP contribution < -0.4 is 10.2 Å². The number of fused-ring (bicyclic) bond motifs is 2. The second kappa shape index (κ2) is 6.03. The molecule has 1 aliphatic rings.